The minimum absolute atomic E-state index is 0.0317. The molecule has 0 rings (SSSR count). The van der Waals surface area contributed by atoms with Crippen molar-refractivity contribution in [3.8, 4) is 0 Å². The highest BCUT2D eigenvalue weighted by Crippen LogP contribution is 2.20. The molecule has 270 valence electrons. The third-order valence-corrected chi connectivity index (χ3v) is 9.17. The molecule has 0 saturated carbocycles. The summed E-state index contributed by atoms with van der Waals surface area (Å²) in [5, 5.41) is 19.6. The lowest BCUT2D eigenvalue weighted by atomic mass is 9.95. The van der Waals surface area contributed by atoms with Gasteiger partial charge in [-0.25, -0.2) is 0 Å². The van der Waals surface area contributed by atoms with E-state index in [1.807, 2.05) is 0 Å². The van der Waals surface area contributed by atoms with Crippen LogP contribution >= 0.6 is 0 Å². The molecule has 0 spiro atoms. The predicted molar refractivity (Wildman–Crippen MR) is 192 cm³/mol. The van der Waals surface area contributed by atoms with Crippen LogP contribution in [0, 0.1) is 5.92 Å². The summed E-state index contributed by atoms with van der Waals surface area (Å²) in [5.74, 6) is 0.491. The summed E-state index contributed by atoms with van der Waals surface area (Å²) in [6, 6.07) is 0. The van der Waals surface area contributed by atoms with Gasteiger partial charge in [0.2, 0.25) is 0 Å². The number of hydrogen-bond acceptors (Lipinski definition) is 6. The Balaban J connectivity index is 3.93. The van der Waals surface area contributed by atoms with Gasteiger partial charge in [0.1, 0.15) is 0 Å². The molecule has 2 N–H and O–H groups in total. The van der Waals surface area contributed by atoms with Crippen LogP contribution in [-0.4, -0.2) is 66.8 Å². The van der Waals surface area contributed by atoms with Gasteiger partial charge in [0.05, 0.1) is 13.2 Å². The molecule has 0 aliphatic carbocycles. The van der Waals surface area contributed by atoms with Crippen molar-refractivity contribution >= 4 is 5.97 Å². The number of hydrogen-bond donors (Lipinski definition) is 2. The lowest BCUT2D eigenvalue weighted by Crippen LogP contribution is -2.29. The molecule has 0 radical (unpaired) electrons. The first-order valence-electron chi connectivity index (χ1n) is 19.9. The summed E-state index contributed by atoms with van der Waals surface area (Å²) in [5.41, 5.74) is 0. The van der Waals surface area contributed by atoms with E-state index in [0.29, 0.717) is 38.5 Å². The molecule has 2 unspecified atom stereocenters. The lowest BCUT2D eigenvalue weighted by Gasteiger charge is -2.21. The van der Waals surface area contributed by atoms with Gasteiger partial charge in [0.25, 0.3) is 0 Å². The number of ether oxygens (including phenoxy) is 2. The van der Waals surface area contributed by atoms with Crippen molar-refractivity contribution in [2.75, 3.05) is 39.5 Å². The summed E-state index contributed by atoms with van der Waals surface area (Å²) < 4.78 is 11.3. The van der Waals surface area contributed by atoms with Crippen LogP contribution < -0.4 is 0 Å². The van der Waals surface area contributed by atoms with Crippen LogP contribution in [-0.2, 0) is 14.3 Å². The number of aliphatic hydroxyl groups is 2. The average Bonchev–Trinajstić information content (AvgIpc) is 3.03. The van der Waals surface area contributed by atoms with E-state index in [-0.39, 0.29) is 12.6 Å². The predicted octanol–water partition coefficient (Wildman–Crippen LogP) is 10.4. The topological polar surface area (TPSA) is 79.2 Å². The molecule has 2 atom stereocenters. The number of esters is 1. The summed E-state index contributed by atoms with van der Waals surface area (Å²) >= 11 is 0. The molecule has 0 aromatic carbocycles. The Labute approximate surface area is 280 Å². The molecule has 45 heavy (non-hydrogen) atoms. The third-order valence-electron chi connectivity index (χ3n) is 9.17. The maximum Gasteiger partial charge on any atom is 0.305 e. The molecule has 0 aliphatic heterocycles. The van der Waals surface area contributed by atoms with Gasteiger partial charge in [0, 0.05) is 19.6 Å². The molecule has 0 aromatic rings. The first-order valence-corrected chi connectivity index (χ1v) is 19.9. The fourth-order valence-electron chi connectivity index (χ4n) is 6.12. The molecule has 0 saturated heterocycles. The molecule has 6 heteroatoms. The van der Waals surface area contributed by atoms with E-state index in [1.165, 1.54) is 116 Å². The molecule has 0 fully saturated rings. The van der Waals surface area contributed by atoms with Crippen molar-refractivity contribution in [1.82, 2.24) is 4.90 Å². The highest BCUT2D eigenvalue weighted by atomic mass is 16.6. The van der Waals surface area contributed by atoms with Crippen LogP contribution in [0.3, 0.4) is 0 Å². The van der Waals surface area contributed by atoms with Crippen molar-refractivity contribution < 1.29 is 24.5 Å². The summed E-state index contributed by atoms with van der Waals surface area (Å²) in [6.07, 6.45) is 30.8. The van der Waals surface area contributed by atoms with Crippen molar-refractivity contribution in [3.05, 3.63) is 0 Å². The van der Waals surface area contributed by atoms with Crippen molar-refractivity contribution in [1.29, 1.82) is 0 Å². The molecule has 0 heterocycles. The second-order valence-corrected chi connectivity index (χ2v) is 13.6. The van der Waals surface area contributed by atoms with Crippen LogP contribution in [0.15, 0.2) is 0 Å². The fourth-order valence-corrected chi connectivity index (χ4v) is 6.12. The van der Waals surface area contributed by atoms with Gasteiger partial charge < -0.3 is 24.6 Å². The smallest absolute Gasteiger partial charge is 0.305 e. The molecule has 0 aromatic heterocycles. The van der Waals surface area contributed by atoms with E-state index in [9.17, 15) is 15.0 Å². The van der Waals surface area contributed by atoms with E-state index in [1.54, 1.807) is 0 Å². The van der Waals surface area contributed by atoms with E-state index in [4.69, 9.17) is 9.47 Å². The molecule has 0 bridgehead atoms. The molecule has 6 nitrogen and oxygen atoms in total. The van der Waals surface area contributed by atoms with Gasteiger partial charge in [-0.3, -0.25) is 4.79 Å². The highest BCUT2D eigenvalue weighted by Gasteiger charge is 2.13. The number of aliphatic hydroxyl groups excluding tert-OH is 2. The van der Waals surface area contributed by atoms with Gasteiger partial charge in [-0.15, -0.1) is 0 Å². The first-order chi connectivity index (χ1) is 22.1. The monoisotopic (exact) mass is 642 g/mol. The van der Waals surface area contributed by atoms with Gasteiger partial charge in [-0.2, -0.15) is 0 Å². The molecule has 0 amide bonds. The number of carbonyl (C=O) groups excluding carboxylic acids is 1. The summed E-state index contributed by atoms with van der Waals surface area (Å²) in [4.78, 5) is 14.8. The largest absolute Gasteiger partial charge is 0.465 e. The fraction of sp³-hybridized carbons (Fsp3) is 0.974. The second-order valence-electron chi connectivity index (χ2n) is 13.6. The second kappa shape index (κ2) is 36.2. The maximum absolute atomic E-state index is 12.4. The van der Waals surface area contributed by atoms with Gasteiger partial charge in [0.15, 0.2) is 6.29 Å². The normalized spacial score (nSPS) is 13.0. The van der Waals surface area contributed by atoms with Crippen LogP contribution in [0.4, 0.5) is 0 Å². The van der Waals surface area contributed by atoms with Crippen LogP contribution in [0.25, 0.3) is 0 Å². The zero-order valence-electron chi connectivity index (χ0n) is 30.6. The highest BCUT2D eigenvalue weighted by molar-refractivity contribution is 5.69. The van der Waals surface area contributed by atoms with E-state index in [2.05, 4.69) is 25.7 Å². The maximum atomic E-state index is 12.4. The van der Waals surface area contributed by atoms with Gasteiger partial charge in [-0.05, 0) is 70.4 Å². The van der Waals surface area contributed by atoms with E-state index in [0.717, 1.165) is 58.0 Å². The Morgan fingerprint density at radius 2 is 1.04 bits per heavy atom. The van der Waals surface area contributed by atoms with Crippen LogP contribution in [0.5, 0.6) is 0 Å². The Morgan fingerprint density at radius 3 is 1.62 bits per heavy atom. The van der Waals surface area contributed by atoms with Gasteiger partial charge in [-0.1, -0.05) is 136 Å². The zero-order valence-corrected chi connectivity index (χ0v) is 30.6. The summed E-state index contributed by atoms with van der Waals surface area (Å²) in [7, 11) is 0. The minimum Gasteiger partial charge on any atom is -0.465 e. The Bertz CT molecular complexity index is 590. The number of carbonyl (C=O) groups is 1. The number of nitrogens with zero attached hydrogens (tertiary/aromatic N) is 1. The minimum atomic E-state index is -0.637. The molecule has 0 aliphatic rings. The third kappa shape index (κ3) is 33.0. The quantitative estimate of drug-likeness (QED) is 0.0399. The van der Waals surface area contributed by atoms with E-state index < -0.39 is 6.29 Å². The van der Waals surface area contributed by atoms with Crippen molar-refractivity contribution in [2.45, 2.75) is 200 Å². The SMILES string of the molecule is CCCCCCCCCCOC(O)CCCCCN(CCO)CCCCCC(=O)OCC(CCCCCC)CCCCCCC. The van der Waals surface area contributed by atoms with Crippen LogP contribution in [0.1, 0.15) is 194 Å². The van der Waals surface area contributed by atoms with Gasteiger partial charge >= 0.3 is 5.97 Å². The average molecular weight is 642 g/mol. The molecular weight excluding hydrogens is 562 g/mol. The Kier molecular flexibility index (Phi) is 35.6. The molecular formula is C39H79NO5. The summed E-state index contributed by atoms with van der Waals surface area (Å²) in [6.45, 7) is 10.8. The first kappa shape index (κ1) is 44.3. The standard InChI is InChI=1S/C39H79NO5/c1-4-7-10-13-14-15-17-26-35-44-38(42)29-22-18-24-31-40(33-34-41)32-25-19-23-30-39(43)45-36-37(27-20-12-9-6-3)28-21-16-11-8-5-2/h37-38,41-42H,4-36H2,1-3H3. The number of unbranched alkanes of at least 4 members (excludes halogenated alkanes) is 18. The van der Waals surface area contributed by atoms with Crippen molar-refractivity contribution in [2.24, 2.45) is 5.92 Å². The zero-order chi connectivity index (χ0) is 33.1. The lowest BCUT2D eigenvalue weighted by molar-refractivity contribution is -0.145. The van der Waals surface area contributed by atoms with Crippen molar-refractivity contribution in [3.63, 3.8) is 0 Å². The van der Waals surface area contributed by atoms with Crippen LogP contribution in [0.2, 0.25) is 0 Å². The van der Waals surface area contributed by atoms with E-state index >= 15 is 0 Å². The Hall–Kier alpha value is -0.690. The number of rotatable bonds is 37. The Morgan fingerprint density at radius 1 is 0.578 bits per heavy atom.